The van der Waals surface area contributed by atoms with E-state index >= 15 is 0 Å². The molecule has 3 aromatic rings. The number of carbonyl (C=O) groups is 2. The van der Waals surface area contributed by atoms with Crippen LogP contribution in [-0.4, -0.2) is 18.0 Å². The van der Waals surface area contributed by atoms with Crippen LogP contribution in [0.2, 0.25) is 0 Å². The third-order valence-corrected chi connectivity index (χ3v) is 5.61. The number of para-hydroxylation sites is 1. The first-order chi connectivity index (χ1) is 16.0. The molecule has 2 atom stereocenters. The van der Waals surface area contributed by atoms with E-state index in [0.717, 1.165) is 28.7 Å². The Balaban J connectivity index is 1.72. The van der Waals surface area contributed by atoms with Gasteiger partial charge in [0.05, 0.1) is 0 Å². The summed E-state index contributed by atoms with van der Waals surface area (Å²) < 4.78 is 5.33. The van der Waals surface area contributed by atoms with Gasteiger partial charge in [-0.2, -0.15) is 0 Å². The van der Waals surface area contributed by atoms with Crippen molar-refractivity contribution in [2.75, 3.05) is 5.32 Å². The van der Waals surface area contributed by atoms with Crippen LogP contribution in [0, 0.1) is 5.92 Å². The van der Waals surface area contributed by atoms with Crippen molar-refractivity contribution >= 4 is 23.3 Å². The van der Waals surface area contributed by atoms with Crippen LogP contribution in [-0.2, 0) is 16.1 Å². The molecule has 0 spiro atoms. The molecule has 0 aromatic heterocycles. The second kappa shape index (κ2) is 11.7. The standard InChI is InChI=1S/C28H30N2O3/c1-4-20(2)26(30-28(32)33-19-22-13-7-5-8-14-22)27(31)29-25-18-12-11-17-24(25)21(3)23-15-9-6-10-16-23/h5-18,20,26H,3-4,19H2,1-2H3,(H,29,31)(H,30,32). The Hall–Kier alpha value is -3.86. The van der Waals surface area contributed by atoms with Crippen LogP contribution >= 0.6 is 0 Å². The molecule has 0 heterocycles. The predicted octanol–water partition coefficient (Wildman–Crippen LogP) is 6.03. The molecule has 33 heavy (non-hydrogen) atoms. The Morgan fingerprint density at radius 1 is 0.909 bits per heavy atom. The summed E-state index contributed by atoms with van der Waals surface area (Å²) in [7, 11) is 0. The van der Waals surface area contributed by atoms with Crippen LogP contribution in [0.1, 0.15) is 37.0 Å². The Morgan fingerprint density at radius 2 is 1.52 bits per heavy atom. The summed E-state index contributed by atoms with van der Waals surface area (Å²) in [6.45, 7) is 8.27. The van der Waals surface area contributed by atoms with Crippen molar-refractivity contribution in [3.63, 3.8) is 0 Å². The molecule has 0 aliphatic rings. The fraction of sp³-hybridized carbons (Fsp3) is 0.214. The van der Waals surface area contributed by atoms with Gasteiger partial charge < -0.3 is 15.4 Å². The van der Waals surface area contributed by atoms with Crippen molar-refractivity contribution < 1.29 is 14.3 Å². The molecule has 0 fully saturated rings. The molecular weight excluding hydrogens is 412 g/mol. The van der Waals surface area contributed by atoms with Crippen molar-refractivity contribution in [1.82, 2.24) is 5.32 Å². The number of alkyl carbamates (subject to hydrolysis) is 1. The summed E-state index contributed by atoms with van der Waals surface area (Å²) in [6, 6.07) is 26.0. The molecular formula is C28H30N2O3. The average molecular weight is 443 g/mol. The first-order valence-electron chi connectivity index (χ1n) is 11.1. The zero-order chi connectivity index (χ0) is 23.6. The number of ether oxygens (including phenoxy) is 1. The second-order valence-electron chi connectivity index (χ2n) is 7.95. The lowest BCUT2D eigenvalue weighted by Gasteiger charge is -2.24. The highest BCUT2D eigenvalue weighted by Gasteiger charge is 2.27. The van der Waals surface area contributed by atoms with Crippen molar-refractivity contribution in [1.29, 1.82) is 0 Å². The number of anilines is 1. The van der Waals surface area contributed by atoms with E-state index in [9.17, 15) is 9.59 Å². The van der Waals surface area contributed by atoms with E-state index in [1.54, 1.807) is 0 Å². The van der Waals surface area contributed by atoms with Crippen LogP contribution in [0.25, 0.3) is 5.57 Å². The molecule has 170 valence electrons. The lowest BCUT2D eigenvalue weighted by Crippen LogP contribution is -2.47. The number of hydrogen-bond acceptors (Lipinski definition) is 3. The molecule has 5 nitrogen and oxygen atoms in total. The molecule has 0 saturated heterocycles. The minimum Gasteiger partial charge on any atom is -0.445 e. The molecule has 0 aliphatic heterocycles. The maximum atomic E-state index is 13.2. The Bertz CT molecular complexity index is 1080. The van der Waals surface area contributed by atoms with Crippen LogP contribution < -0.4 is 10.6 Å². The van der Waals surface area contributed by atoms with Gasteiger partial charge in [-0.1, -0.05) is 106 Å². The van der Waals surface area contributed by atoms with Gasteiger partial charge in [-0.3, -0.25) is 4.79 Å². The van der Waals surface area contributed by atoms with Gasteiger partial charge in [-0.25, -0.2) is 4.79 Å². The summed E-state index contributed by atoms with van der Waals surface area (Å²) in [5.74, 6) is -0.381. The van der Waals surface area contributed by atoms with Gasteiger partial charge >= 0.3 is 6.09 Å². The van der Waals surface area contributed by atoms with Crippen LogP contribution in [0.5, 0.6) is 0 Å². The Kier molecular flexibility index (Phi) is 8.42. The van der Waals surface area contributed by atoms with Crippen molar-refractivity contribution in [3.8, 4) is 0 Å². The first-order valence-corrected chi connectivity index (χ1v) is 11.1. The van der Waals surface area contributed by atoms with Crippen molar-refractivity contribution in [2.45, 2.75) is 32.9 Å². The monoisotopic (exact) mass is 442 g/mol. The zero-order valence-electron chi connectivity index (χ0n) is 19.1. The van der Waals surface area contributed by atoms with Gasteiger partial charge in [-0.15, -0.1) is 0 Å². The molecule has 5 heteroatoms. The number of amides is 2. The first kappa shape index (κ1) is 23.8. The van der Waals surface area contributed by atoms with Gasteiger partial charge in [-0.05, 0) is 28.7 Å². The quantitative estimate of drug-likeness (QED) is 0.425. The summed E-state index contributed by atoms with van der Waals surface area (Å²) >= 11 is 0. The van der Waals surface area contributed by atoms with Crippen molar-refractivity contribution in [3.05, 3.63) is 108 Å². The minimum atomic E-state index is -0.740. The number of benzene rings is 3. The van der Waals surface area contributed by atoms with E-state index in [1.165, 1.54) is 0 Å². The highest BCUT2D eigenvalue weighted by Crippen LogP contribution is 2.28. The molecule has 0 bridgehead atoms. The SMILES string of the molecule is C=C(c1ccccc1)c1ccccc1NC(=O)C(NC(=O)OCc1ccccc1)C(C)CC. The zero-order valence-corrected chi connectivity index (χ0v) is 19.1. The minimum absolute atomic E-state index is 0.0845. The summed E-state index contributed by atoms with van der Waals surface area (Å²) in [6.07, 6.45) is 0.0939. The molecule has 0 saturated carbocycles. The van der Waals surface area contributed by atoms with E-state index in [0.29, 0.717) is 5.69 Å². The normalized spacial score (nSPS) is 12.3. The summed E-state index contributed by atoms with van der Waals surface area (Å²) in [5, 5.41) is 5.73. The second-order valence-corrected chi connectivity index (χ2v) is 7.95. The molecule has 3 aromatic carbocycles. The van der Waals surface area contributed by atoms with Gasteiger partial charge in [0, 0.05) is 11.3 Å². The molecule has 2 unspecified atom stereocenters. The molecule has 3 rings (SSSR count). The van der Waals surface area contributed by atoms with E-state index < -0.39 is 12.1 Å². The fourth-order valence-electron chi connectivity index (χ4n) is 3.45. The largest absolute Gasteiger partial charge is 0.445 e. The van der Waals surface area contributed by atoms with Gasteiger partial charge in [0.15, 0.2) is 0 Å². The number of nitrogens with one attached hydrogen (secondary N) is 2. The highest BCUT2D eigenvalue weighted by atomic mass is 16.5. The topological polar surface area (TPSA) is 67.4 Å². The fourth-order valence-corrected chi connectivity index (χ4v) is 3.45. The Labute approximate surface area is 195 Å². The predicted molar refractivity (Wildman–Crippen MR) is 133 cm³/mol. The third kappa shape index (κ3) is 6.56. The molecule has 2 amide bonds. The maximum Gasteiger partial charge on any atom is 0.408 e. The van der Waals surface area contributed by atoms with Crippen LogP contribution in [0.4, 0.5) is 10.5 Å². The van der Waals surface area contributed by atoms with E-state index in [4.69, 9.17) is 4.74 Å². The summed E-state index contributed by atoms with van der Waals surface area (Å²) in [4.78, 5) is 25.7. The van der Waals surface area contributed by atoms with Gasteiger partial charge in [0.1, 0.15) is 12.6 Å². The number of rotatable bonds is 9. The maximum absolute atomic E-state index is 13.2. The molecule has 0 radical (unpaired) electrons. The number of carbonyl (C=O) groups excluding carboxylic acids is 2. The lowest BCUT2D eigenvalue weighted by molar-refractivity contribution is -0.119. The third-order valence-electron chi connectivity index (χ3n) is 5.61. The molecule has 2 N–H and O–H groups in total. The van der Waals surface area contributed by atoms with Crippen molar-refractivity contribution in [2.24, 2.45) is 5.92 Å². The summed E-state index contributed by atoms with van der Waals surface area (Å²) in [5.41, 5.74) is 4.13. The smallest absolute Gasteiger partial charge is 0.408 e. The molecule has 0 aliphatic carbocycles. The number of hydrogen-bond donors (Lipinski definition) is 2. The average Bonchev–Trinajstić information content (AvgIpc) is 2.86. The van der Waals surface area contributed by atoms with Crippen LogP contribution in [0.3, 0.4) is 0 Å². The van der Waals surface area contributed by atoms with E-state index in [-0.39, 0.29) is 18.4 Å². The van der Waals surface area contributed by atoms with Gasteiger partial charge in [0.25, 0.3) is 0 Å². The Morgan fingerprint density at radius 3 is 2.18 bits per heavy atom. The van der Waals surface area contributed by atoms with Crippen LogP contribution in [0.15, 0.2) is 91.5 Å². The highest BCUT2D eigenvalue weighted by molar-refractivity contribution is 6.00. The van der Waals surface area contributed by atoms with E-state index in [2.05, 4.69) is 17.2 Å². The van der Waals surface area contributed by atoms with E-state index in [1.807, 2.05) is 98.8 Å². The lowest BCUT2D eigenvalue weighted by atomic mass is 9.96. The van der Waals surface area contributed by atoms with Gasteiger partial charge in [0.2, 0.25) is 5.91 Å².